The molecule has 0 spiro atoms. The molecule has 1 aromatic rings. The summed E-state index contributed by atoms with van der Waals surface area (Å²) in [7, 11) is 1.49. The minimum atomic E-state index is -0.584. The van der Waals surface area contributed by atoms with Gasteiger partial charge in [-0.05, 0) is 17.7 Å². The molecule has 3 rings (SSSR count). The molecule has 2 unspecified atom stereocenters. The number of aliphatic hydroxyl groups is 1. The van der Waals surface area contributed by atoms with Gasteiger partial charge in [0.1, 0.15) is 18.0 Å². The lowest BCUT2D eigenvalue weighted by atomic mass is 9.91. The van der Waals surface area contributed by atoms with E-state index in [0.29, 0.717) is 17.9 Å². The number of hydrogen-bond donors (Lipinski definition) is 2. The number of nitrogens with two attached hydrogens (primary N) is 1. The minimum Gasteiger partial charge on any atom is -0.496 e. The third kappa shape index (κ3) is 2.06. The van der Waals surface area contributed by atoms with Crippen molar-refractivity contribution in [2.24, 2.45) is 5.73 Å². The Morgan fingerprint density at radius 3 is 2.80 bits per heavy atom. The number of aliphatic hydroxyl groups excluding tert-OH is 1. The van der Waals surface area contributed by atoms with Crippen LogP contribution < -0.4 is 10.5 Å². The van der Waals surface area contributed by atoms with Crippen molar-refractivity contribution in [3.8, 4) is 5.75 Å². The van der Waals surface area contributed by atoms with Crippen molar-refractivity contribution in [3.63, 3.8) is 0 Å². The second-order valence-corrected chi connectivity index (χ2v) is 5.09. The Morgan fingerprint density at radius 2 is 2.10 bits per heavy atom. The number of rotatable bonds is 3. The first kappa shape index (κ1) is 13.4. The highest BCUT2D eigenvalue weighted by Crippen LogP contribution is 2.38. The molecule has 0 saturated carbocycles. The Hall–Kier alpha value is -1.63. The third-order valence-electron chi connectivity index (χ3n) is 3.94. The highest BCUT2D eigenvalue weighted by molar-refractivity contribution is 5.95. The highest BCUT2D eigenvalue weighted by Gasteiger charge is 2.47. The van der Waals surface area contributed by atoms with Gasteiger partial charge in [0.2, 0.25) is 0 Å². The van der Waals surface area contributed by atoms with Crippen molar-refractivity contribution >= 4 is 5.91 Å². The van der Waals surface area contributed by atoms with Crippen LogP contribution in [-0.4, -0.2) is 49.6 Å². The fourth-order valence-electron chi connectivity index (χ4n) is 2.91. The summed E-state index contributed by atoms with van der Waals surface area (Å²) in [5.74, 6) is -0.100. The monoisotopic (exact) mass is 279 g/mol. The van der Waals surface area contributed by atoms with Crippen molar-refractivity contribution in [2.75, 3.05) is 20.3 Å². The zero-order valence-electron chi connectivity index (χ0n) is 11.1. The average Bonchev–Trinajstić information content (AvgIpc) is 3.01. The van der Waals surface area contributed by atoms with E-state index < -0.39 is 12.0 Å². The molecule has 1 amide bonds. The molecule has 108 valence electrons. The Bertz CT molecular complexity index is 532. The van der Waals surface area contributed by atoms with Gasteiger partial charge in [-0.15, -0.1) is 0 Å². The first-order valence-electron chi connectivity index (χ1n) is 6.51. The van der Waals surface area contributed by atoms with Crippen LogP contribution in [0.3, 0.4) is 0 Å². The number of fused-ring (bicyclic) bond motifs is 1. The van der Waals surface area contributed by atoms with Crippen molar-refractivity contribution in [2.45, 2.75) is 24.2 Å². The molecule has 2 aliphatic rings. The molecule has 0 bridgehead atoms. The van der Waals surface area contributed by atoms with Gasteiger partial charge >= 0.3 is 0 Å². The molecule has 6 nitrogen and oxygen atoms in total. The molecule has 4 atom stereocenters. The lowest BCUT2D eigenvalue weighted by Gasteiger charge is -2.17. The molecule has 2 fully saturated rings. The smallest absolute Gasteiger partial charge is 0.252 e. The molecule has 0 aliphatic carbocycles. The van der Waals surface area contributed by atoms with Crippen LogP contribution >= 0.6 is 0 Å². The maximum atomic E-state index is 11.5. The van der Waals surface area contributed by atoms with Gasteiger partial charge in [-0.2, -0.15) is 0 Å². The second kappa shape index (κ2) is 5.05. The average molecular weight is 279 g/mol. The Kier molecular flexibility index (Phi) is 3.37. The van der Waals surface area contributed by atoms with E-state index in [-0.39, 0.29) is 24.7 Å². The fourth-order valence-corrected chi connectivity index (χ4v) is 2.91. The number of hydrogen-bond acceptors (Lipinski definition) is 5. The van der Waals surface area contributed by atoms with Gasteiger partial charge in [0.15, 0.2) is 0 Å². The molecule has 20 heavy (non-hydrogen) atoms. The Labute approximate surface area is 116 Å². The predicted octanol–water partition coefficient (Wildman–Crippen LogP) is 0.0362. The van der Waals surface area contributed by atoms with Crippen LogP contribution in [0.4, 0.5) is 0 Å². The van der Waals surface area contributed by atoms with E-state index in [1.165, 1.54) is 7.11 Å². The standard InChI is InChI=1S/C14H17NO5/c1-18-11-3-2-7(4-8(11)14(15)17)9-5-19-13-10(16)6-20-12(9)13/h2-4,9-10,12-13,16H,5-6H2,1H3,(H2,15,17)/t9?,10?,12-,13-/m1/s1. The number of amides is 1. The third-order valence-corrected chi connectivity index (χ3v) is 3.94. The first-order chi connectivity index (χ1) is 9.61. The molecule has 2 saturated heterocycles. The zero-order chi connectivity index (χ0) is 14.3. The number of benzene rings is 1. The summed E-state index contributed by atoms with van der Waals surface area (Å²) in [6.07, 6.45) is -1.06. The summed E-state index contributed by atoms with van der Waals surface area (Å²) in [6, 6.07) is 5.30. The van der Waals surface area contributed by atoms with Gasteiger partial charge in [0, 0.05) is 5.92 Å². The van der Waals surface area contributed by atoms with Crippen LogP contribution in [0.5, 0.6) is 5.75 Å². The Balaban J connectivity index is 1.91. The largest absolute Gasteiger partial charge is 0.496 e. The van der Waals surface area contributed by atoms with Crippen molar-refractivity contribution < 1.29 is 24.1 Å². The minimum absolute atomic E-state index is 0.0128. The summed E-state index contributed by atoms with van der Waals surface area (Å²) in [4.78, 5) is 11.5. The summed E-state index contributed by atoms with van der Waals surface area (Å²) in [6.45, 7) is 0.738. The summed E-state index contributed by atoms with van der Waals surface area (Å²) < 4.78 is 16.3. The van der Waals surface area contributed by atoms with Crippen LogP contribution in [0.1, 0.15) is 21.8 Å². The highest BCUT2D eigenvalue weighted by atomic mass is 16.6. The predicted molar refractivity (Wildman–Crippen MR) is 69.7 cm³/mol. The number of primary amides is 1. The van der Waals surface area contributed by atoms with Crippen molar-refractivity contribution in [1.29, 1.82) is 0 Å². The molecule has 2 aliphatic heterocycles. The van der Waals surface area contributed by atoms with Crippen molar-refractivity contribution in [1.82, 2.24) is 0 Å². The molecule has 3 N–H and O–H groups in total. The van der Waals surface area contributed by atoms with Gasteiger partial charge in [-0.1, -0.05) is 6.07 Å². The van der Waals surface area contributed by atoms with Gasteiger partial charge in [-0.25, -0.2) is 0 Å². The van der Waals surface area contributed by atoms with Crippen LogP contribution in [-0.2, 0) is 9.47 Å². The topological polar surface area (TPSA) is 91.0 Å². The second-order valence-electron chi connectivity index (χ2n) is 5.09. The van der Waals surface area contributed by atoms with Gasteiger partial charge in [-0.3, -0.25) is 4.79 Å². The molecule has 6 heteroatoms. The normalized spacial score (nSPS) is 32.1. The van der Waals surface area contributed by atoms with E-state index in [9.17, 15) is 9.90 Å². The molecule has 0 radical (unpaired) electrons. The van der Waals surface area contributed by atoms with E-state index in [0.717, 1.165) is 5.56 Å². The van der Waals surface area contributed by atoms with E-state index >= 15 is 0 Å². The lowest BCUT2D eigenvalue weighted by molar-refractivity contribution is 0.0182. The van der Waals surface area contributed by atoms with Gasteiger partial charge in [0.05, 0.1) is 32.0 Å². The molecular formula is C14H17NO5. The number of carbonyl (C=O) groups is 1. The summed E-state index contributed by atoms with van der Waals surface area (Å²) in [5, 5.41) is 9.74. The maximum Gasteiger partial charge on any atom is 0.252 e. The van der Waals surface area contributed by atoms with E-state index in [4.69, 9.17) is 19.9 Å². The van der Waals surface area contributed by atoms with Crippen LogP contribution in [0.15, 0.2) is 18.2 Å². The number of ether oxygens (including phenoxy) is 3. The number of carbonyl (C=O) groups excluding carboxylic acids is 1. The van der Waals surface area contributed by atoms with Crippen LogP contribution in [0.25, 0.3) is 0 Å². The summed E-state index contributed by atoms with van der Waals surface area (Å²) in [5.41, 5.74) is 6.61. The first-order valence-corrected chi connectivity index (χ1v) is 6.51. The van der Waals surface area contributed by atoms with E-state index in [1.807, 2.05) is 6.07 Å². The van der Waals surface area contributed by atoms with Gasteiger partial charge in [0.25, 0.3) is 5.91 Å². The fraction of sp³-hybridized carbons (Fsp3) is 0.500. The van der Waals surface area contributed by atoms with Crippen LogP contribution in [0.2, 0.25) is 0 Å². The Morgan fingerprint density at radius 1 is 1.35 bits per heavy atom. The van der Waals surface area contributed by atoms with Gasteiger partial charge < -0.3 is 25.1 Å². The van der Waals surface area contributed by atoms with Crippen LogP contribution in [0, 0.1) is 0 Å². The van der Waals surface area contributed by atoms with E-state index in [2.05, 4.69) is 0 Å². The van der Waals surface area contributed by atoms with Crippen molar-refractivity contribution in [3.05, 3.63) is 29.3 Å². The lowest BCUT2D eigenvalue weighted by Crippen LogP contribution is -2.28. The van der Waals surface area contributed by atoms with E-state index in [1.54, 1.807) is 12.1 Å². The number of methoxy groups -OCH3 is 1. The maximum absolute atomic E-state index is 11.5. The molecule has 1 aromatic carbocycles. The molecule has 0 aromatic heterocycles. The SMILES string of the molecule is COc1ccc(C2CO[C@@H]3C(O)CO[C@H]23)cc1C(N)=O. The summed E-state index contributed by atoms with van der Waals surface area (Å²) >= 11 is 0. The molecular weight excluding hydrogens is 262 g/mol. The quantitative estimate of drug-likeness (QED) is 0.815. The zero-order valence-corrected chi connectivity index (χ0v) is 11.1. The molecule has 2 heterocycles.